The van der Waals surface area contributed by atoms with E-state index in [9.17, 15) is 31.1 Å². The molecule has 29 heavy (non-hydrogen) atoms. The molecule has 5 nitrogen and oxygen atoms in total. The number of nitrogens with two attached hydrogens (primary N) is 1. The minimum absolute atomic E-state index is 0.111. The first-order chi connectivity index (χ1) is 13.4. The Bertz CT molecular complexity index is 1090. The second-order valence-electron chi connectivity index (χ2n) is 5.85. The van der Waals surface area contributed by atoms with Crippen LogP contribution in [-0.4, -0.2) is 17.3 Å². The van der Waals surface area contributed by atoms with Gasteiger partial charge in [-0.15, -0.1) is 24.5 Å². The molecule has 0 unspecified atom stereocenters. The van der Waals surface area contributed by atoms with E-state index in [-0.39, 0.29) is 32.0 Å². The van der Waals surface area contributed by atoms with Crippen molar-refractivity contribution < 1.29 is 35.9 Å². The number of hydrogen-bond acceptors (Lipinski definition) is 5. The fourth-order valence-electron chi connectivity index (χ4n) is 2.59. The van der Waals surface area contributed by atoms with Crippen molar-refractivity contribution >= 4 is 38.8 Å². The Balaban J connectivity index is 1.99. The number of carbonyl (C=O) groups is 1. The first-order valence-electron chi connectivity index (χ1n) is 7.80. The minimum Gasteiger partial charge on any atom is -0.404 e. The van der Waals surface area contributed by atoms with Crippen LogP contribution in [0.5, 0.6) is 5.75 Å². The highest BCUT2D eigenvalue weighted by molar-refractivity contribution is 7.21. The fraction of sp³-hybridized carbons (Fsp3) is 0.176. The highest BCUT2D eigenvalue weighted by Gasteiger charge is 2.34. The maximum atomic E-state index is 13.0. The van der Waals surface area contributed by atoms with Gasteiger partial charge in [0.15, 0.2) is 5.75 Å². The summed E-state index contributed by atoms with van der Waals surface area (Å²) in [6.07, 6.45) is -9.67. The molecule has 2 heterocycles. The summed E-state index contributed by atoms with van der Waals surface area (Å²) in [4.78, 5) is 15.8. The number of anilines is 2. The quantitative estimate of drug-likeness (QED) is 0.544. The number of rotatable bonds is 3. The Hall–Kier alpha value is -3.02. The summed E-state index contributed by atoms with van der Waals surface area (Å²) in [6.45, 7) is 1.39. The van der Waals surface area contributed by atoms with Crippen molar-refractivity contribution in [2.45, 2.75) is 19.5 Å². The van der Waals surface area contributed by atoms with Crippen LogP contribution >= 0.6 is 11.3 Å². The van der Waals surface area contributed by atoms with E-state index in [0.717, 1.165) is 12.1 Å². The second-order valence-corrected chi connectivity index (χ2v) is 6.84. The third kappa shape index (κ3) is 4.36. The summed E-state index contributed by atoms with van der Waals surface area (Å²) < 4.78 is 80.2. The van der Waals surface area contributed by atoms with Crippen LogP contribution in [0.4, 0.5) is 37.7 Å². The van der Waals surface area contributed by atoms with Crippen molar-refractivity contribution in [2.24, 2.45) is 0 Å². The first kappa shape index (κ1) is 20.7. The molecule has 12 heteroatoms. The van der Waals surface area contributed by atoms with Gasteiger partial charge < -0.3 is 15.8 Å². The zero-order valence-electron chi connectivity index (χ0n) is 14.4. The largest absolute Gasteiger partial charge is 0.573 e. The van der Waals surface area contributed by atoms with Gasteiger partial charge >= 0.3 is 12.5 Å². The molecule has 0 saturated carbocycles. The number of aromatic nitrogens is 1. The minimum atomic E-state index is -4.98. The molecule has 154 valence electrons. The second kappa shape index (κ2) is 7.10. The van der Waals surface area contributed by atoms with E-state index < -0.39 is 29.9 Å². The van der Waals surface area contributed by atoms with E-state index in [2.05, 4.69) is 15.0 Å². The molecule has 0 spiro atoms. The number of thiophene rings is 1. The third-order valence-corrected chi connectivity index (χ3v) is 4.85. The van der Waals surface area contributed by atoms with Gasteiger partial charge in [-0.05, 0) is 30.7 Å². The molecule has 3 rings (SSSR count). The number of ether oxygens (including phenoxy) is 1. The van der Waals surface area contributed by atoms with Crippen LogP contribution < -0.4 is 15.8 Å². The molecule has 0 saturated heterocycles. The lowest BCUT2D eigenvalue weighted by atomic mass is 10.1. The van der Waals surface area contributed by atoms with Gasteiger partial charge in [0.2, 0.25) is 0 Å². The lowest BCUT2D eigenvalue weighted by Crippen LogP contribution is -2.19. The predicted molar refractivity (Wildman–Crippen MR) is 94.8 cm³/mol. The summed E-state index contributed by atoms with van der Waals surface area (Å²) >= 11 is 0.604. The Labute approximate surface area is 163 Å². The number of nitrogens with zero attached hydrogens (tertiary/aromatic N) is 1. The number of fused-ring (bicyclic) bond motifs is 1. The van der Waals surface area contributed by atoms with E-state index in [1.807, 2.05) is 0 Å². The van der Waals surface area contributed by atoms with Crippen LogP contribution in [0.15, 0.2) is 30.3 Å². The number of nitrogen functional groups attached to an aromatic ring is 1. The predicted octanol–water partition coefficient (Wildman–Crippen LogP) is 5.36. The van der Waals surface area contributed by atoms with Crippen molar-refractivity contribution in [3.63, 3.8) is 0 Å². The smallest absolute Gasteiger partial charge is 0.404 e. The Morgan fingerprint density at radius 3 is 2.45 bits per heavy atom. The number of hydrogen-bond donors (Lipinski definition) is 2. The molecular weight excluding hydrogens is 424 g/mol. The third-order valence-electron chi connectivity index (χ3n) is 3.75. The number of amides is 1. The number of aryl methyl sites for hydroxylation is 1. The number of nitrogens with one attached hydrogen (secondary N) is 1. The van der Waals surface area contributed by atoms with E-state index in [1.165, 1.54) is 25.1 Å². The van der Waals surface area contributed by atoms with Crippen molar-refractivity contribution in [1.29, 1.82) is 0 Å². The van der Waals surface area contributed by atoms with Crippen LogP contribution in [0.25, 0.3) is 10.2 Å². The van der Waals surface area contributed by atoms with Crippen LogP contribution in [0.3, 0.4) is 0 Å². The van der Waals surface area contributed by atoms with E-state index in [4.69, 9.17) is 5.73 Å². The zero-order valence-corrected chi connectivity index (χ0v) is 15.2. The molecule has 1 aromatic carbocycles. The Morgan fingerprint density at radius 2 is 1.83 bits per heavy atom. The monoisotopic (exact) mass is 435 g/mol. The lowest BCUT2D eigenvalue weighted by Gasteiger charge is -2.13. The van der Waals surface area contributed by atoms with Gasteiger partial charge in [0, 0.05) is 5.39 Å². The van der Waals surface area contributed by atoms with Crippen LogP contribution in [0.1, 0.15) is 20.9 Å². The zero-order chi connectivity index (χ0) is 21.6. The van der Waals surface area contributed by atoms with Gasteiger partial charge in [-0.25, -0.2) is 4.98 Å². The molecule has 0 aliphatic heterocycles. The highest BCUT2D eigenvalue weighted by atomic mass is 32.1. The van der Waals surface area contributed by atoms with Gasteiger partial charge in [-0.3, -0.25) is 4.79 Å². The number of para-hydroxylation sites is 2. The lowest BCUT2D eigenvalue weighted by molar-refractivity contribution is -0.274. The maximum Gasteiger partial charge on any atom is 0.573 e. The van der Waals surface area contributed by atoms with E-state index >= 15 is 0 Å². The molecule has 0 aliphatic carbocycles. The van der Waals surface area contributed by atoms with Crippen molar-refractivity contribution in [2.75, 3.05) is 11.1 Å². The van der Waals surface area contributed by atoms with Crippen molar-refractivity contribution in [3.8, 4) is 5.75 Å². The molecular formula is C17H11F6N3O2S. The molecule has 1 amide bonds. The molecule has 0 aliphatic rings. The number of pyridine rings is 1. The SMILES string of the molecule is Cc1cc(C(F)(F)F)nc2sc(C(=O)Nc3ccccc3OC(F)(F)F)c(N)c12. The Kier molecular flexibility index (Phi) is 5.07. The van der Waals surface area contributed by atoms with E-state index in [0.29, 0.717) is 11.3 Å². The summed E-state index contributed by atoms with van der Waals surface area (Å²) in [6, 6.07) is 5.62. The summed E-state index contributed by atoms with van der Waals surface area (Å²) in [7, 11) is 0. The fourth-order valence-corrected chi connectivity index (χ4v) is 3.65. The average Bonchev–Trinajstić information content (AvgIpc) is 2.92. The van der Waals surface area contributed by atoms with Gasteiger partial charge in [0.1, 0.15) is 15.4 Å². The average molecular weight is 435 g/mol. The standard InChI is InChI=1S/C17H11F6N3O2S/c1-7-6-10(16(18,19)20)26-15-11(7)12(24)13(29-15)14(27)25-8-4-2-3-5-9(8)28-17(21,22)23/h2-6H,24H2,1H3,(H,25,27). The topological polar surface area (TPSA) is 77.2 Å². The van der Waals surface area contributed by atoms with Gasteiger partial charge in [0.25, 0.3) is 5.91 Å². The molecule has 3 aromatic rings. The van der Waals surface area contributed by atoms with Crippen LogP contribution in [0, 0.1) is 6.92 Å². The molecule has 0 bridgehead atoms. The van der Waals surface area contributed by atoms with Gasteiger partial charge in [0.05, 0.1) is 11.4 Å². The summed E-state index contributed by atoms with van der Waals surface area (Å²) in [5.41, 5.74) is 4.53. The number of alkyl halides is 6. The summed E-state index contributed by atoms with van der Waals surface area (Å²) in [5, 5.41) is 2.41. The van der Waals surface area contributed by atoms with Crippen LogP contribution in [0.2, 0.25) is 0 Å². The maximum absolute atomic E-state index is 13.0. The summed E-state index contributed by atoms with van der Waals surface area (Å²) in [5.74, 6) is -1.56. The molecule has 2 aromatic heterocycles. The number of benzene rings is 1. The van der Waals surface area contributed by atoms with Gasteiger partial charge in [-0.1, -0.05) is 12.1 Å². The van der Waals surface area contributed by atoms with Gasteiger partial charge in [-0.2, -0.15) is 13.2 Å². The highest BCUT2D eigenvalue weighted by Crippen LogP contribution is 2.39. The van der Waals surface area contributed by atoms with E-state index in [1.54, 1.807) is 0 Å². The number of carbonyl (C=O) groups excluding carboxylic acids is 1. The normalized spacial score (nSPS) is 12.2. The molecule has 0 atom stereocenters. The van der Waals surface area contributed by atoms with Crippen LogP contribution in [-0.2, 0) is 6.18 Å². The van der Waals surface area contributed by atoms with Crippen molar-refractivity contribution in [1.82, 2.24) is 4.98 Å². The first-order valence-corrected chi connectivity index (χ1v) is 8.61. The molecule has 0 radical (unpaired) electrons. The molecule has 0 fully saturated rings. The van der Waals surface area contributed by atoms with Crippen molar-refractivity contribution in [3.05, 3.63) is 46.5 Å². The Morgan fingerprint density at radius 1 is 1.17 bits per heavy atom. The number of halogens is 6. The molecule has 3 N–H and O–H groups in total.